The molecule has 0 saturated carbocycles. The Kier molecular flexibility index (Phi) is 8.26. The third kappa shape index (κ3) is 8.00. The molecule has 0 aliphatic heterocycles. The van der Waals surface area contributed by atoms with E-state index in [-0.39, 0.29) is 5.97 Å². The molecule has 3 heteroatoms. The van der Waals surface area contributed by atoms with Crippen molar-refractivity contribution >= 4 is 5.97 Å². The Bertz CT molecular complexity index is 104. The van der Waals surface area contributed by atoms with Crippen molar-refractivity contribution < 1.29 is 27.0 Å². The van der Waals surface area contributed by atoms with E-state index in [1.54, 1.807) is 0 Å². The molecule has 0 aromatic carbocycles. The van der Waals surface area contributed by atoms with Gasteiger partial charge in [-0.05, 0) is 0 Å². The van der Waals surface area contributed by atoms with Gasteiger partial charge in [0.2, 0.25) is 0 Å². The minimum absolute atomic E-state index is 0.0264. The molecule has 0 fully saturated rings. The van der Waals surface area contributed by atoms with Crippen LogP contribution in [0.4, 0.5) is 0 Å². The Morgan fingerprint density at radius 1 is 1.27 bits per heavy atom. The Morgan fingerprint density at radius 3 is 2.45 bits per heavy atom. The standard InChI is InChI=1S/C8H16O2.Zn/c1-2-3-4-5-6-7-8(9)10;/h2-7H2,1H3,(H,9,10);/q;+1/p-1. The van der Waals surface area contributed by atoms with Crippen LogP contribution < -0.4 is 0 Å². The summed E-state index contributed by atoms with van der Waals surface area (Å²) in [5, 5.41) is 0. The van der Waals surface area contributed by atoms with Crippen LogP contribution in [0.15, 0.2) is 0 Å². The summed E-state index contributed by atoms with van der Waals surface area (Å²) in [7, 11) is 0. The van der Waals surface area contributed by atoms with Crippen LogP contribution in [0, 0.1) is 0 Å². The van der Waals surface area contributed by atoms with Crippen LogP contribution in [-0.4, -0.2) is 5.97 Å². The summed E-state index contributed by atoms with van der Waals surface area (Å²) in [5.41, 5.74) is 0. The van der Waals surface area contributed by atoms with Crippen LogP contribution in [0.3, 0.4) is 0 Å². The average Bonchev–Trinajstić information content (AvgIpc) is 2.04. The number of hydrogen-bond donors (Lipinski definition) is 0. The molecule has 0 aliphatic rings. The first kappa shape index (κ1) is 11.1. The van der Waals surface area contributed by atoms with Crippen LogP contribution in [0.25, 0.3) is 0 Å². The van der Waals surface area contributed by atoms with Gasteiger partial charge in [-0.15, -0.1) is 0 Å². The van der Waals surface area contributed by atoms with Gasteiger partial charge in [0.25, 0.3) is 0 Å². The van der Waals surface area contributed by atoms with Gasteiger partial charge in [0.05, 0.1) is 0 Å². The van der Waals surface area contributed by atoms with Gasteiger partial charge in [-0.25, -0.2) is 0 Å². The molecule has 0 rings (SSSR count). The second-order valence-electron chi connectivity index (χ2n) is 2.68. The second kappa shape index (κ2) is 8.19. The van der Waals surface area contributed by atoms with E-state index >= 15 is 0 Å². The van der Waals surface area contributed by atoms with Gasteiger partial charge >= 0.3 is 78.4 Å². The first-order valence-corrected chi connectivity index (χ1v) is 5.47. The van der Waals surface area contributed by atoms with Gasteiger partial charge in [-0.1, -0.05) is 0 Å². The molecule has 2 nitrogen and oxygen atoms in total. The van der Waals surface area contributed by atoms with E-state index in [4.69, 9.17) is 0 Å². The van der Waals surface area contributed by atoms with E-state index in [9.17, 15) is 4.79 Å². The number of unbranched alkanes of at least 4 members (excludes halogenated alkanes) is 4. The summed E-state index contributed by atoms with van der Waals surface area (Å²) >= 11 is 0.633. The monoisotopic (exact) mass is 207 g/mol. The minimum atomic E-state index is -0.0264. The molecule has 0 radical (unpaired) electrons. The van der Waals surface area contributed by atoms with E-state index < -0.39 is 0 Å². The molecule has 0 amide bonds. The molecular weight excluding hydrogens is 193 g/mol. The molecule has 0 heterocycles. The van der Waals surface area contributed by atoms with Crippen molar-refractivity contribution in [3.63, 3.8) is 0 Å². The molecule has 0 atom stereocenters. The molecule has 0 bridgehead atoms. The SMILES string of the molecule is CCCCCCCC(=O)[O][Zn]. The van der Waals surface area contributed by atoms with Gasteiger partial charge in [0.15, 0.2) is 0 Å². The molecule has 11 heavy (non-hydrogen) atoms. The van der Waals surface area contributed by atoms with Gasteiger partial charge in [0, 0.05) is 0 Å². The van der Waals surface area contributed by atoms with Gasteiger partial charge < -0.3 is 0 Å². The van der Waals surface area contributed by atoms with Crippen molar-refractivity contribution in [3.05, 3.63) is 0 Å². The first-order valence-electron chi connectivity index (χ1n) is 4.26. The molecule has 0 N–H and O–H groups in total. The zero-order chi connectivity index (χ0) is 8.53. The van der Waals surface area contributed by atoms with Crippen molar-refractivity contribution in [2.75, 3.05) is 0 Å². The van der Waals surface area contributed by atoms with E-state index in [1.165, 1.54) is 25.7 Å². The summed E-state index contributed by atoms with van der Waals surface area (Å²) in [6, 6.07) is 0. The normalized spacial score (nSPS) is 9.73. The van der Waals surface area contributed by atoms with E-state index in [0.29, 0.717) is 25.1 Å². The van der Waals surface area contributed by atoms with E-state index in [0.717, 1.165) is 6.42 Å². The Hall–Kier alpha value is 0.0934. The summed E-state index contributed by atoms with van der Waals surface area (Å²) in [6.45, 7) is 2.19. The zero-order valence-electron chi connectivity index (χ0n) is 7.27. The Morgan fingerprint density at radius 2 is 1.91 bits per heavy atom. The first-order chi connectivity index (χ1) is 5.31. The summed E-state index contributed by atoms with van der Waals surface area (Å²) < 4.78 is 4.64. The molecular formula is C8H15O2Zn. The van der Waals surface area contributed by atoms with Crippen LogP contribution in [0.1, 0.15) is 45.4 Å². The maximum atomic E-state index is 10.7. The quantitative estimate of drug-likeness (QED) is 0.495. The maximum absolute atomic E-state index is 10.7. The fraction of sp³-hybridized carbons (Fsp3) is 0.875. The van der Waals surface area contributed by atoms with Crippen molar-refractivity contribution in [3.8, 4) is 0 Å². The molecule has 0 aliphatic carbocycles. The van der Waals surface area contributed by atoms with Crippen LogP contribution in [0.2, 0.25) is 0 Å². The molecule has 0 aromatic heterocycles. The predicted molar refractivity (Wildman–Crippen MR) is 39.5 cm³/mol. The molecule has 0 aromatic rings. The molecule has 0 unspecified atom stereocenters. The number of carbonyl (C=O) groups is 1. The fourth-order valence-electron chi connectivity index (χ4n) is 0.945. The third-order valence-electron chi connectivity index (χ3n) is 1.65. The van der Waals surface area contributed by atoms with Gasteiger partial charge in [-0.2, -0.15) is 0 Å². The van der Waals surface area contributed by atoms with Crippen molar-refractivity contribution in [2.24, 2.45) is 0 Å². The Labute approximate surface area is 78.8 Å². The fourth-order valence-corrected chi connectivity index (χ4v) is 1.25. The zero-order valence-corrected chi connectivity index (χ0v) is 10.2. The summed E-state index contributed by atoms with van der Waals surface area (Å²) in [6.07, 6.45) is 6.58. The van der Waals surface area contributed by atoms with Crippen LogP contribution >= 0.6 is 0 Å². The van der Waals surface area contributed by atoms with Crippen molar-refractivity contribution in [1.82, 2.24) is 0 Å². The number of hydrogen-bond acceptors (Lipinski definition) is 2. The van der Waals surface area contributed by atoms with Crippen LogP contribution in [-0.2, 0) is 27.0 Å². The van der Waals surface area contributed by atoms with Crippen molar-refractivity contribution in [1.29, 1.82) is 0 Å². The molecule has 0 saturated heterocycles. The predicted octanol–water partition coefficient (Wildman–Crippen LogP) is 2.35. The summed E-state index contributed by atoms with van der Waals surface area (Å²) in [5.74, 6) is -0.0264. The molecule has 0 spiro atoms. The van der Waals surface area contributed by atoms with E-state index in [1.807, 2.05) is 0 Å². The topological polar surface area (TPSA) is 26.3 Å². The van der Waals surface area contributed by atoms with Gasteiger partial charge in [0.1, 0.15) is 0 Å². The number of rotatable bonds is 6. The van der Waals surface area contributed by atoms with E-state index in [2.05, 4.69) is 10.5 Å². The third-order valence-corrected chi connectivity index (χ3v) is 2.32. The van der Waals surface area contributed by atoms with Crippen LogP contribution in [0.5, 0.6) is 0 Å². The van der Waals surface area contributed by atoms with Gasteiger partial charge in [-0.3, -0.25) is 0 Å². The number of carbonyl (C=O) groups excluding carboxylic acids is 1. The molecule has 61 valence electrons. The second-order valence-corrected chi connectivity index (χ2v) is 3.29. The summed E-state index contributed by atoms with van der Waals surface area (Å²) in [4.78, 5) is 10.7. The van der Waals surface area contributed by atoms with Crippen molar-refractivity contribution in [2.45, 2.75) is 45.4 Å². The Balaban J connectivity index is 2.95. The average molecular weight is 209 g/mol.